The Morgan fingerprint density at radius 2 is 1.08 bits per heavy atom. The van der Waals surface area contributed by atoms with Gasteiger partial charge in [-0.2, -0.15) is 0 Å². The molecule has 2 aromatic heterocycles. The Morgan fingerprint density at radius 1 is 0.407 bits per heavy atom. The molecule has 0 bridgehead atoms. The number of methoxy groups -OCH3 is 2. The standard InChI is InChI=1S/C54H41N3O2/c1-34-16-22-39(23-17-34)55(41-11-9-12-43(33-41)58-3)42-26-20-37-31-47-45-28-29-49(56(40-24-18-35(2)19-25-40)48-14-7-8-15-51(48)59-4)52-46-27-21-36-10-5-6-13-44(36)53(46)57(54(45)52)50(47)32-38(37)30-42/h5-33H,1-4H3. The summed E-state index contributed by atoms with van der Waals surface area (Å²) in [6.45, 7) is 4.26. The first-order chi connectivity index (χ1) is 29.0. The summed E-state index contributed by atoms with van der Waals surface area (Å²) in [7, 11) is 3.47. The summed E-state index contributed by atoms with van der Waals surface area (Å²) in [6.07, 6.45) is 0. The Labute approximate surface area is 342 Å². The van der Waals surface area contributed by atoms with Crippen LogP contribution in [0.4, 0.5) is 34.1 Å². The number of rotatable bonds is 8. The highest BCUT2D eigenvalue weighted by atomic mass is 16.5. The highest BCUT2D eigenvalue weighted by molar-refractivity contribution is 6.31. The first-order valence-electron chi connectivity index (χ1n) is 20.1. The van der Waals surface area contributed by atoms with E-state index in [1.165, 1.54) is 70.8 Å². The lowest BCUT2D eigenvalue weighted by Crippen LogP contribution is -2.11. The van der Waals surface area contributed by atoms with Gasteiger partial charge in [-0.1, -0.05) is 102 Å². The number of hydrogen-bond acceptors (Lipinski definition) is 4. The molecule has 0 saturated carbocycles. The van der Waals surface area contributed by atoms with Gasteiger partial charge in [-0.25, -0.2) is 0 Å². The van der Waals surface area contributed by atoms with Gasteiger partial charge < -0.3 is 23.7 Å². The van der Waals surface area contributed by atoms with Gasteiger partial charge in [0.05, 0.1) is 42.1 Å². The van der Waals surface area contributed by atoms with Crippen LogP contribution in [0.3, 0.4) is 0 Å². The third-order valence-corrected chi connectivity index (χ3v) is 12.0. The summed E-state index contributed by atoms with van der Waals surface area (Å²) in [5.74, 6) is 1.63. The van der Waals surface area contributed by atoms with Gasteiger partial charge >= 0.3 is 0 Å². The number of aryl methyl sites for hydroxylation is 2. The molecule has 0 atom stereocenters. The third kappa shape index (κ3) is 5.46. The molecule has 59 heavy (non-hydrogen) atoms. The summed E-state index contributed by atoms with van der Waals surface area (Å²) in [5, 5.41) is 9.67. The first kappa shape index (κ1) is 34.7. The number of ether oxygens (including phenoxy) is 2. The molecule has 0 spiro atoms. The summed E-state index contributed by atoms with van der Waals surface area (Å²) in [5.41, 5.74) is 12.4. The van der Waals surface area contributed by atoms with E-state index in [-0.39, 0.29) is 0 Å². The maximum absolute atomic E-state index is 6.03. The van der Waals surface area contributed by atoms with Gasteiger partial charge in [0.15, 0.2) is 0 Å². The number of fused-ring (bicyclic) bond motifs is 9. The molecule has 0 N–H and O–H groups in total. The average Bonchev–Trinajstić information content (AvgIpc) is 3.79. The lowest BCUT2D eigenvalue weighted by atomic mass is 10.00. The van der Waals surface area contributed by atoms with Crippen molar-refractivity contribution in [2.75, 3.05) is 24.0 Å². The van der Waals surface area contributed by atoms with Crippen LogP contribution in [0.25, 0.3) is 59.6 Å². The molecule has 0 unspecified atom stereocenters. The van der Waals surface area contributed by atoms with Gasteiger partial charge in [0.1, 0.15) is 11.5 Å². The van der Waals surface area contributed by atoms with E-state index in [1.807, 2.05) is 18.2 Å². The van der Waals surface area contributed by atoms with Gasteiger partial charge in [-0.05, 0) is 109 Å². The number of aromatic nitrogens is 1. The van der Waals surface area contributed by atoms with Crippen LogP contribution in [-0.2, 0) is 0 Å². The Bertz CT molecular complexity index is 3380. The van der Waals surface area contributed by atoms with Crippen molar-refractivity contribution in [1.82, 2.24) is 4.40 Å². The topological polar surface area (TPSA) is 29.4 Å². The van der Waals surface area contributed by atoms with Gasteiger partial charge in [-0.15, -0.1) is 0 Å². The van der Waals surface area contributed by atoms with E-state index in [2.05, 4.69) is 186 Å². The van der Waals surface area contributed by atoms with Crippen LogP contribution < -0.4 is 19.3 Å². The van der Waals surface area contributed by atoms with E-state index in [0.717, 1.165) is 45.6 Å². The molecule has 5 heteroatoms. The summed E-state index contributed by atoms with van der Waals surface area (Å²) < 4.78 is 14.2. The van der Waals surface area contributed by atoms with Crippen molar-refractivity contribution in [3.63, 3.8) is 0 Å². The van der Waals surface area contributed by atoms with Gasteiger partial charge in [-0.3, -0.25) is 0 Å². The minimum Gasteiger partial charge on any atom is -0.497 e. The maximum Gasteiger partial charge on any atom is 0.142 e. The Hall–Kier alpha value is -7.50. The van der Waals surface area contributed by atoms with Crippen molar-refractivity contribution in [1.29, 1.82) is 0 Å². The molecule has 0 aliphatic heterocycles. The minimum atomic E-state index is 0.813. The number of anilines is 6. The Balaban J connectivity index is 1.22. The normalized spacial score (nSPS) is 11.7. The molecular weight excluding hydrogens is 723 g/mol. The second-order valence-corrected chi connectivity index (χ2v) is 15.5. The van der Waals surface area contributed by atoms with Crippen molar-refractivity contribution < 1.29 is 9.47 Å². The van der Waals surface area contributed by atoms with Crippen LogP contribution in [0.1, 0.15) is 11.1 Å². The van der Waals surface area contributed by atoms with Crippen molar-refractivity contribution >= 4 is 93.8 Å². The molecule has 11 aromatic rings. The first-order valence-corrected chi connectivity index (χ1v) is 20.1. The molecule has 0 radical (unpaired) electrons. The second-order valence-electron chi connectivity index (χ2n) is 15.5. The number of para-hydroxylation sites is 2. The Morgan fingerprint density at radius 3 is 1.86 bits per heavy atom. The summed E-state index contributed by atoms with van der Waals surface area (Å²) in [6, 6.07) is 63.7. The maximum atomic E-state index is 6.03. The zero-order valence-corrected chi connectivity index (χ0v) is 33.4. The summed E-state index contributed by atoms with van der Waals surface area (Å²) >= 11 is 0. The molecule has 2 heterocycles. The van der Waals surface area contributed by atoms with E-state index in [9.17, 15) is 0 Å². The van der Waals surface area contributed by atoms with Crippen molar-refractivity contribution in [3.05, 3.63) is 187 Å². The molecule has 0 amide bonds. The van der Waals surface area contributed by atoms with Crippen molar-refractivity contribution in [2.45, 2.75) is 13.8 Å². The van der Waals surface area contributed by atoms with Crippen LogP contribution in [0.5, 0.6) is 11.5 Å². The van der Waals surface area contributed by atoms with Crippen LogP contribution >= 0.6 is 0 Å². The molecule has 9 aromatic carbocycles. The molecule has 11 rings (SSSR count). The number of hydrogen-bond donors (Lipinski definition) is 0. The third-order valence-electron chi connectivity index (χ3n) is 12.0. The van der Waals surface area contributed by atoms with E-state index in [4.69, 9.17) is 9.47 Å². The molecule has 0 fully saturated rings. The molecule has 0 aliphatic rings. The fourth-order valence-electron chi connectivity index (χ4n) is 9.15. The lowest BCUT2D eigenvalue weighted by Gasteiger charge is -2.28. The molecule has 5 nitrogen and oxygen atoms in total. The van der Waals surface area contributed by atoms with E-state index in [1.54, 1.807) is 14.2 Å². The van der Waals surface area contributed by atoms with Crippen molar-refractivity contribution in [2.24, 2.45) is 0 Å². The largest absolute Gasteiger partial charge is 0.497 e. The van der Waals surface area contributed by atoms with Crippen LogP contribution in [0.2, 0.25) is 0 Å². The van der Waals surface area contributed by atoms with Crippen LogP contribution in [0.15, 0.2) is 176 Å². The van der Waals surface area contributed by atoms with Gasteiger partial charge in [0.25, 0.3) is 0 Å². The highest BCUT2D eigenvalue weighted by Gasteiger charge is 2.26. The zero-order valence-electron chi connectivity index (χ0n) is 33.4. The minimum absolute atomic E-state index is 0.813. The molecule has 0 aliphatic carbocycles. The predicted molar refractivity (Wildman–Crippen MR) is 248 cm³/mol. The number of nitrogens with zero attached hydrogens (tertiary/aromatic N) is 3. The zero-order chi connectivity index (χ0) is 39.8. The van der Waals surface area contributed by atoms with Crippen molar-refractivity contribution in [3.8, 4) is 11.5 Å². The SMILES string of the molecule is COc1cccc(N(c2ccc(C)cc2)c2ccc3cc4c5ccc(N(c6ccc(C)cc6)c6ccccc6OC)c6c7ccc8ccccc8c7n(c4cc3c2)c56)c1. The lowest BCUT2D eigenvalue weighted by molar-refractivity contribution is 0.415. The molecule has 284 valence electrons. The second kappa shape index (κ2) is 13.6. The quantitative estimate of drug-likeness (QED) is 0.154. The van der Waals surface area contributed by atoms with E-state index in [0.29, 0.717) is 0 Å². The van der Waals surface area contributed by atoms with E-state index < -0.39 is 0 Å². The fraction of sp³-hybridized carbons (Fsp3) is 0.0741. The van der Waals surface area contributed by atoms with Crippen LogP contribution in [-0.4, -0.2) is 18.6 Å². The van der Waals surface area contributed by atoms with Gasteiger partial charge in [0.2, 0.25) is 0 Å². The predicted octanol–water partition coefficient (Wildman–Crippen LogP) is 14.7. The summed E-state index contributed by atoms with van der Waals surface area (Å²) in [4.78, 5) is 4.67. The monoisotopic (exact) mass is 763 g/mol. The smallest absolute Gasteiger partial charge is 0.142 e. The molecule has 0 saturated heterocycles. The average molecular weight is 764 g/mol. The number of benzene rings is 9. The van der Waals surface area contributed by atoms with Crippen LogP contribution in [0, 0.1) is 13.8 Å². The molecular formula is C54H41N3O2. The fourth-order valence-corrected chi connectivity index (χ4v) is 9.15. The van der Waals surface area contributed by atoms with E-state index >= 15 is 0 Å². The highest BCUT2D eigenvalue weighted by Crippen LogP contribution is 2.50. The Kier molecular flexibility index (Phi) is 7.99. The van der Waals surface area contributed by atoms with Gasteiger partial charge in [0, 0.05) is 55.7 Å².